The van der Waals surface area contributed by atoms with Crippen LogP contribution in [0.5, 0.6) is 0 Å². The van der Waals surface area contributed by atoms with Crippen LogP contribution in [0.3, 0.4) is 0 Å². The maximum absolute atomic E-state index is 14.3. The largest absolute Gasteiger partial charge is 0.385 e. The molecule has 2 aliphatic carbocycles. The molecule has 1 aromatic heterocycles. The molecule has 1 spiro atoms. The van der Waals surface area contributed by atoms with E-state index in [4.69, 9.17) is 4.74 Å². The third-order valence-electron chi connectivity index (χ3n) is 10.1. The van der Waals surface area contributed by atoms with Crippen LogP contribution >= 0.6 is 0 Å². The van der Waals surface area contributed by atoms with Crippen molar-refractivity contribution in [1.29, 1.82) is 0 Å². The highest BCUT2D eigenvalue weighted by molar-refractivity contribution is 6.09. The van der Waals surface area contributed by atoms with Crippen LogP contribution in [-0.4, -0.2) is 51.4 Å². The van der Waals surface area contributed by atoms with Gasteiger partial charge in [0, 0.05) is 41.4 Å². The summed E-state index contributed by atoms with van der Waals surface area (Å²) in [5.74, 6) is -1.48. The Kier molecular flexibility index (Phi) is 6.23. The van der Waals surface area contributed by atoms with Crippen molar-refractivity contribution in [2.45, 2.75) is 77.2 Å². The number of aliphatic hydroxyl groups is 1. The quantitative estimate of drug-likeness (QED) is 0.308. The van der Waals surface area contributed by atoms with Gasteiger partial charge < -0.3 is 20.1 Å². The number of fused-ring (bicyclic) bond motifs is 3. The molecular weight excluding hydrogens is 492 g/mol. The second-order valence-electron chi connectivity index (χ2n) is 12.4. The lowest BCUT2D eigenvalue weighted by atomic mass is 9.51. The molecule has 0 radical (unpaired) electrons. The van der Waals surface area contributed by atoms with Crippen molar-refractivity contribution in [2.75, 3.05) is 0 Å². The van der Waals surface area contributed by atoms with E-state index in [-0.39, 0.29) is 60.2 Å². The second-order valence-corrected chi connectivity index (χ2v) is 12.4. The van der Waals surface area contributed by atoms with Gasteiger partial charge in [0.1, 0.15) is 17.3 Å². The summed E-state index contributed by atoms with van der Waals surface area (Å²) in [6, 6.07) is 7.85. The van der Waals surface area contributed by atoms with Crippen LogP contribution in [0.25, 0.3) is 10.9 Å². The van der Waals surface area contributed by atoms with Crippen molar-refractivity contribution in [3.05, 3.63) is 59.8 Å². The van der Waals surface area contributed by atoms with Gasteiger partial charge in [0.25, 0.3) is 0 Å². The molecule has 3 heterocycles. The topological polar surface area (TPSA) is 112 Å². The number of rotatable bonds is 2. The number of H-pyrrole nitrogens is 1. The Morgan fingerprint density at radius 3 is 2.72 bits per heavy atom. The van der Waals surface area contributed by atoms with Gasteiger partial charge in [-0.1, -0.05) is 50.3 Å². The first kappa shape index (κ1) is 26.2. The van der Waals surface area contributed by atoms with Crippen molar-refractivity contribution in [3.63, 3.8) is 0 Å². The lowest BCUT2D eigenvalue weighted by Gasteiger charge is -2.46. The van der Waals surface area contributed by atoms with Crippen molar-refractivity contribution >= 4 is 28.4 Å². The van der Waals surface area contributed by atoms with Crippen LogP contribution in [0, 0.1) is 29.1 Å². The van der Waals surface area contributed by atoms with Gasteiger partial charge >= 0.3 is 0 Å². The smallest absolute Gasteiger partial charge is 0.235 e. The number of para-hydroxylation sites is 1. The summed E-state index contributed by atoms with van der Waals surface area (Å²) in [5, 5.41) is 15.1. The highest BCUT2D eigenvalue weighted by Crippen LogP contribution is 2.66. The fourth-order valence-corrected chi connectivity index (χ4v) is 7.95. The third kappa shape index (κ3) is 3.88. The van der Waals surface area contributed by atoms with Crippen LogP contribution in [0.1, 0.15) is 52.5 Å². The lowest BCUT2D eigenvalue weighted by Crippen LogP contribution is -2.58. The van der Waals surface area contributed by atoms with Gasteiger partial charge in [-0.2, -0.15) is 0 Å². The zero-order valence-electron chi connectivity index (χ0n) is 23.1. The van der Waals surface area contributed by atoms with Crippen LogP contribution in [0.2, 0.25) is 0 Å². The van der Waals surface area contributed by atoms with Gasteiger partial charge in [-0.3, -0.25) is 14.4 Å². The Labute approximate surface area is 229 Å². The molecule has 4 aliphatic rings. The average molecular weight is 531 g/mol. The van der Waals surface area contributed by atoms with Crippen molar-refractivity contribution in [3.8, 4) is 0 Å². The van der Waals surface area contributed by atoms with Crippen LogP contribution < -0.4 is 5.32 Å². The maximum Gasteiger partial charge on any atom is 0.235 e. The average Bonchev–Trinajstić information content (AvgIpc) is 3.31. The molecule has 1 amide bonds. The molecule has 1 aromatic carbocycles. The maximum atomic E-state index is 14.3. The standard InChI is InChI=1S/C32H38N2O5/c1-17-8-7-10-22-29-31(4,39-29)19(3)27-24(15-20-16-33-23-11-6-5-9-21(20)23)34-30(38)32(22,27)26(36)13-12-25(35)28(37)18(2)14-17/h5-7,9-11,14,16-17,19,22,24-25,27,29,33,35H,8,12-13,15H2,1-4H3,(H,34,38)/t17-,19-,22-,24-,25-,27-,29-,31+,32+/m0/s1. The molecule has 0 unspecified atom stereocenters. The van der Waals surface area contributed by atoms with Gasteiger partial charge in [-0.15, -0.1) is 0 Å². The van der Waals surface area contributed by atoms with Gasteiger partial charge in [-0.25, -0.2) is 0 Å². The molecule has 1 saturated carbocycles. The van der Waals surface area contributed by atoms with Gasteiger partial charge in [0.2, 0.25) is 5.91 Å². The van der Waals surface area contributed by atoms with E-state index in [1.54, 1.807) is 6.92 Å². The highest BCUT2D eigenvalue weighted by atomic mass is 16.6. The summed E-state index contributed by atoms with van der Waals surface area (Å²) in [7, 11) is 0. The molecule has 0 bridgehead atoms. The molecule has 6 rings (SSSR count). The van der Waals surface area contributed by atoms with E-state index in [0.29, 0.717) is 18.4 Å². The summed E-state index contributed by atoms with van der Waals surface area (Å²) >= 11 is 0. The Hall–Kier alpha value is -3.03. The molecule has 39 heavy (non-hydrogen) atoms. The van der Waals surface area contributed by atoms with E-state index in [9.17, 15) is 19.5 Å². The number of aromatic amines is 1. The summed E-state index contributed by atoms with van der Waals surface area (Å²) in [6.07, 6.45) is 7.67. The Morgan fingerprint density at radius 1 is 1.15 bits per heavy atom. The minimum absolute atomic E-state index is 0.000298. The number of Topliss-reactive ketones (excluding diaryl/α,β-unsaturated/α-hetero) is 2. The number of aromatic nitrogens is 1. The molecule has 2 aromatic rings. The second kappa shape index (κ2) is 9.27. The summed E-state index contributed by atoms with van der Waals surface area (Å²) in [6.45, 7) is 7.95. The fraction of sp³-hybridized carbons (Fsp3) is 0.531. The number of epoxide rings is 1. The Balaban J connectivity index is 1.43. The number of hydrogen-bond donors (Lipinski definition) is 3. The van der Waals surface area contributed by atoms with E-state index in [2.05, 4.69) is 30.2 Å². The van der Waals surface area contributed by atoms with E-state index in [0.717, 1.165) is 16.5 Å². The number of amides is 1. The molecule has 2 saturated heterocycles. The van der Waals surface area contributed by atoms with Crippen molar-refractivity contribution < 1.29 is 24.2 Å². The zero-order chi connectivity index (χ0) is 27.7. The minimum atomic E-state index is -1.31. The number of nitrogens with one attached hydrogen (secondary N) is 2. The predicted molar refractivity (Wildman–Crippen MR) is 148 cm³/mol. The summed E-state index contributed by atoms with van der Waals surface area (Å²) < 4.78 is 6.35. The van der Waals surface area contributed by atoms with Gasteiger partial charge in [0.05, 0.1) is 11.7 Å². The van der Waals surface area contributed by atoms with E-state index in [1.165, 1.54) is 0 Å². The number of allylic oxidation sites excluding steroid dienone is 2. The van der Waals surface area contributed by atoms with Gasteiger partial charge in [-0.05, 0) is 62.1 Å². The highest BCUT2D eigenvalue weighted by Gasteiger charge is 2.78. The molecule has 7 heteroatoms. The normalized spacial score (nSPS) is 40.5. The number of aliphatic hydroxyl groups excluding tert-OH is 1. The van der Waals surface area contributed by atoms with Crippen molar-refractivity contribution in [1.82, 2.24) is 10.3 Å². The molecule has 9 atom stereocenters. The first-order valence-corrected chi connectivity index (χ1v) is 14.2. The SMILES string of the molecule is CC1=C[C@@H](C)CC=C[C@H]2[C@@H]3O[C@]3(C)[C@@H](C)[C@H]3[C@H](Cc4c[nH]c5ccccc45)NC(=O)[C@]32C(=O)CC[C@H](O)C1=O. The zero-order valence-corrected chi connectivity index (χ0v) is 23.1. The molecule has 3 N–H and O–H groups in total. The molecular formula is C32H38N2O5. The van der Waals surface area contributed by atoms with Crippen molar-refractivity contribution in [2.24, 2.45) is 29.1 Å². The number of carbonyl (C=O) groups is 3. The first-order chi connectivity index (χ1) is 18.6. The fourth-order valence-electron chi connectivity index (χ4n) is 7.95. The van der Waals surface area contributed by atoms with E-state index >= 15 is 0 Å². The number of ketones is 2. The lowest BCUT2D eigenvalue weighted by molar-refractivity contribution is -0.148. The Bertz CT molecular complexity index is 1410. The first-order valence-electron chi connectivity index (χ1n) is 14.2. The van der Waals surface area contributed by atoms with Gasteiger partial charge in [0.15, 0.2) is 5.78 Å². The molecule has 206 valence electrons. The van der Waals surface area contributed by atoms with E-state index in [1.807, 2.05) is 49.5 Å². The van der Waals surface area contributed by atoms with Crippen LogP contribution in [0.15, 0.2) is 54.3 Å². The monoisotopic (exact) mass is 530 g/mol. The number of hydrogen-bond acceptors (Lipinski definition) is 5. The minimum Gasteiger partial charge on any atom is -0.385 e. The predicted octanol–water partition coefficient (Wildman–Crippen LogP) is 4.06. The van der Waals surface area contributed by atoms with E-state index < -0.39 is 23.0 Å². The third-order valence-corrected chi connectivity index (χ3v) is 10.1. The molecule has 7 nitrogen and oxygen atoms in total. The number of ether oxygens (including phenoxy) is 1. The number of carbonyl (C=O) groups excluding carboxylic acids is 3. The Morgan fingerprint density at radius 2 is 1.92 bits per heavy atom. The summed E-state index contributed by atoms with van der Waals surface area (Å²) in [4.78, 5) is 44.7. The number of benzene rings is 1. The molecule has 3 fully saturated rings. The van der Waals surface area contributed by atoms with Crippen LogP contribution in [0.4, 0.5) is 0 Å². The van der Waals surface area contributed by atoms with Crippen LogP contribution in [-0.2, 0) is 25.5 Å². The summed E-state index contributed by atoms with van der Waals surface area (Å²) in [5.41, 5.74) is 0.921. The molecule has 2 aliphatic heterocycles.